The summed E-state index contributed by atoms with van der Waals surface area (Å²) < 4.78 is 61.3. The summed E-state index contributed by atoms with van der Waals surface area (Å²) in [5.41, 5.74) is 0. The highest BCUT2D eigenvalue weighted by Gasteiger charge is 2.29. The molecule has 0 radical (unpaired) electrons. The highest BCUT2D eigenvalue weighted by molar-refractivity contribution is 7.47. The zero-order valence-electron chi connectivity index (χ0n) is 70.4. The van der Waals surface area contributed by atoms with Crippen LogP contribution >= 0.6 is 15.6 Å². The van der Waals surface area contributed by atoms with Crippen molar-refractivity contribution >= 4 is 33.6 Å². The molecule has 640 valence electrons. The van der Waals surface area contributed by atoms with Crippen molar-refractivity contribution in [2.45, 2.75) is 399 Å². The van der Waals surface area contributed by atoms with Crippen LogP contribution in [0.5, 0.6) is 0 Å². The zero-order valence-corrected chi connectivity index (χ0v) is 72.1. The number of carbonyl (C=O) groups is 3. The smallest absolute Gasteiger partial charge is 0.463 e. The molecule has 0 aromatic carbocycles. The lowest BCUT2D eigenvalue weighted by Crippen LogP contribution is -2.30. The van der Waals surface area contributed by atoms with Gasteiger partial charge in [-0.25, -0.2) is 9.13 Å². The van der Waals surface area contributed by atoms with Crippen molar-refractivity contribution in [3.8, 4) is 0 Å². The van der Waals surface area contributed by atoms with Gasteiger partial charge in [-0.1, -0.05) is 353 Å². The number of rotatable bonds is 84. The second kappa shape index (κ2) is 85.1. The maximum atomic E-state index is 13.0. The zero-order chi connectivity index (χ0) is 80.8. The third kappa shape index (κ3) is 86.4. The lowest BCUT2D eigenvalue weighted by Gasteiger charge is -2.21. The molecular formula is C93H162O16P2. The van der Waals surface area contributed by atoms with E-state index in [9.17, 15) is 43.5 Å². The Balaban J connectivity index is 4.48. The molecule has 0 aliphatic carbocycles. The van der Waals surface area contributed by atoms with Crippen LogP contribution in [-0.2, 0) is 55.8 Å². The van der Waals surface area contributed by atoms with Gasteiger partial charge in [0.15, 0.2) is 6.10 Å². The first-order valence-corrected chi connectivity index (χ1v) is 47.5. The molecule has 0 bridgehead atoms. The molecule has 0 aromatic rings. The molecular weight excluding hydrogens is 1430 g/mol. The fourth-order valence-corrected chi connectivity index (χ4v) is 13.7. The number of hydrogen-bond acceptors (Lipinski definition) is 14. The molecule has 0 saturated carbocycles. The summed E-state index contributed by atoms with van der Waals surface area (Å²) >= 11 is 0. The van der Waals surface area contributed by atoms with Gasteiger partial charge < -0.3 is 34.2 Å². The number of phosphoric acid groups is 2. The van der Waals surface area contributed by atoms with Gasteiger partial charge >= 0.3 is 33.6 Å². The Kier molecular flexibility index (Phi) is 81.8. The van der Waals surface area contributed by atoms with E-state index in [0.29, 0.717) is 19.3 Å². The Morgan fingerprint density at radius 2 is 0.477 bits per heavy atom. The Morgan fingerprint density at radius 1 is 0.261 bits per heavy atom. The van der Waals surface area contributed by atoms with Gasteiger partial charge in [0.2, 0.25) is 0 Å². The van der Waals surface area contributed by atoms with Crippen LogP contribution in [0.1, 0.15) is 380 Å². The number of ether oxygens (including phenoxy) is 3. The third-order valence-corrected chi connectivity index (χ3v) is 20.7. The molecule has 5 unspecified atom stereocenters. The fourth-order valence-electron chi connectivity index (χ4n) is 12.1. The van der Waals surface area contributed by atoms with Crippen LogP contribution in [0.3, 0.4) is 0 Å². The number of phosphoric ester groups is 2. The molecule has 0 fully saturated rings. The van der Waals surface area contributed by atoms with E-state index in [4.69, 9.17) is 32.3 Å². The van der Waals surface area contributed by atoms with Crippen LogP contribution in [-0.4, -0.2) is 95.9 Å². The quantitative estimate of drug-likeness (QED) is 0.0146. The van der Waals surface area contributed by atoms with Crippen molar-refractivity contribution in [2.24, 2.45) is 0 Å². The average molecular weight is 1600 g/mol. The highest BCUT2D eigenvalue weighted by Crippen LogP contribution is 2.45. The summed E-state index contributed by atoms with van der Waals surface area (Å²) in [6.07, 6.45) is 105. The minimum absolute atomic E-state index is 0.0879. The topological polar surface area (TPSA) is 231 Å². The number of allylic oxidation sites excluding steroid dienone is 22. The predicted octanol–water partition coefficient (Wildman–Crippen LogP) is 27.0. The Morgan fingerprint density at radius 3 is 0.757 bits per heavy atom. The van der Waals surface area contributed by atoms with Gasteiger partial charge in [-0.05, 0) is 141 Å². The fraction of sp³-hybridized carbons (Fsp3) is 0.731. The number of hydrogen-bond donors (Lipinski definition) is 4. The van der Waals surface area contributed by atoms with E-state index in [1.807, 2.05) is 0 Å². The molecule has 0 rings (SSSR count). The molecule has 16 nitrogen and oxygen atoms in total. The minimum atomic E-state index is -4.94. The molecule has 0 spiro atoms. The maximum Gasteiger partial charge on any atom is 0.472 e. The minimum Gasteiger partial charge on any atom is -0.463 e. The number of esters is 3. The van der Waals surface area contributed by atoms with E-state index >= 15 is 0 Å². The first-order chi connectivity index (χ1) is 54.2. The molecule has 0 saturated heterocycles. The van der Waals surface area contributed by atoms with Crippen molar-refractivity contribution in [2.75, 3.05) is 39.6 Å². The number of carbonyl (C=O) groups excluding carboxylic acids is 3. The van der Waals surface area contributed by atoms with Gasteiger partial charge in [-0.3, -0.25) is 32.5 Å². The molecule has 18 heteroatoms. The van der Waals surface area contributed by atoms with E-state index < -0.39 is 91.5 Å². The van der Waals surface area contributed by atoms with E-state index in [0.717, 1.165) is 148 Å². The summed E-state index contributed by atoms with van der Waals surface area (Å²) in [5.74, 6) is -1.58. The normalized spacial score (nSPS) is 14.5. The van der Waals surface area contributed by atoms with Crippen molar-refractivity contribution < 1.29 is 75.8 Å². The lowest BCUT2D eigenvalue weighted by molar-refractivity contribution is -0.161. The molecule has 0 aromatic heterocycles. The van der Waals surface area contributed by atoms with Crippen molar-refractivity contribution in [3.63, 3.8) is 0 Å². The van der Waals surface area contributed by atoms with Gasteiger partial charge in [-0.2, -0.15) is 0 Å². The predicted molar refractivity (Wildman–Crippen MR) is 463 cm³/mol. The monoisotopic (exact) mass is 1600 g/mol. The maximum absolute atomic E-state index is 13.0. The summed E-state index contributed by atoms with van der Waals surface area (Å²) in [5, 5.41) is 20.7. The molecule has 4 N–H and O–H groups in total. The molecule has 0 aliphatic rings. The van der Waals surface area contributed by atoms with E-state index in [1.165, 1.54) is 173 Å². The van der Waals surface area contributed by atoms with Crippen LogP contribution in [0.25, 0.3) is 0 Å². The van der Waals surface area contributed by atoms with Gasteiger partial charge in [0.05, 0.1) is 26.4 Å². The van der Waals surface area contributed by atoms with Crippen LogP contribution in [0.4, 0.5) is 0 Å². The lowest BCUT2D eigenvalue weighted by atomic mass is 10.0. The van der Waals surface area contributed by atoms with Crippen LogP contribution in [0.2, 0.25) is 0 Å². The van der Waals surface area contributed by atoms with Gasteiger partial charge in [0, 0.05) is 19.3 Å². The average Bonchev–Trinajstić information content (AvgIpc) is 0.908. The third-order valence-electron chi connectivity index (χ3n) is 18.8. The molecule has 0 heterocycles. The summed E-state index contributed by atoms with van der Waals surface area (Å²) in [6, 6.07) is 0. The molecule has 111 heavy (non-hydrogen) atoms. The number of aliphatic hydroxyl groups excluding tert-OH is 2. The molecule has 5 atom stereocenters. The van der Waals surface area contributed by atoms with E-state index in [-0.39, 0.29) is 19.3 Å². The van der Waals surface area contributed by atoms with Gasteiger partial charge in [-0.15, -0.1) is 0 Å². The van der Waals surface area contributed by atoms with Crippen molar-refractivity contribution in [1.82, 2.24) is 0 Å². The summed E-state index contributed by atoms with van der Waals surface area (Å²) in [7, 11) is -9.80. The van der Waals surface area contributed by atoms with Crippen LogP contribution in [0, 0.1) is 0 Å². The SMILES string of the molecule is CC/C=C\C/C=C\C/C=C\C/C=C\C/C=C\CCCCCCCCCCCCCCCCCC(=O)OCC(O)COP(=O)(O)OCC(O)COP(=O)(O)OCC(COC(=O)CCCCCCCCCCCCCCC/C=C\C/C=C\C/C=C\C/C=C\CCCCC)OC(=O)CCCCCCC/C=C\C/C=C\CCCCC. The second-order valence-electron chi connectivity index (χ2n) is 29.7. The van der Waals surface area contributed by atoms with Crippen molar-refractivity contribution in [1.29, 1.82) is 0 Å². The van der Waals surface area contributed by atoms with Gasteiger partial charge in [0.1, 0.15) is 25.4 Å². The van der Waals surface area contributed by atoms with Crippen molar-refractivity contribution in [3.05, 3.63) is 134 Å². The number of unbranched alkanes of at least 4 members (excludes halogenated alkanes) is 39. The van der Waals surface area contributed by atoms with E-state index in [1.54, 1.807) is 0 Å². The Hall–Kier alpha value is -4.31. The number of aliphatic hydroxyl groups is 2. The molecule has 0 amide bonds. The molecule has 0 aliphatic heterocycles. The largest absolute Gasteiger partial charge is 0.472 e. The van der Waals surface area contributed by atoms with Crippen LogP contribution in [0.15, 0.2) is 134 Å². The Bertz CT molecular complexity index is 2550. The van der Waals surface area contributed by atoms with Gasteiger partial charge in [0.25, 0.3) is 0 Å². The van der Waals surface area contributed by atoms with E-state index in [2.05, 4.69) is 154 Å². The van der Waals surface area contributed by atoms with Crippen LogP contribution < -0.4 is 0 Å². The summed E-state index contributed by atoms with van der Waals surface area (Å²) in [4.78, 5) is 58.8. The second-order valence-corrected chi connectivity index (χ2v) is 32.6. The highest BCUT2D eigenvalue weighted by atomic mass is 31.2. The first kappa shape index (κ1) is 107. The summed E-state index contributed by atoms with van der Waals surface area (Å²) in [6.45, 7) is 2.54. The Labute approximate surface area is 677 Å². The standard InChI is InChI=1S/C93H162O16P2/c1-4-7-10-13-16-19-22-25-28-30-32-34-36-38-40-42-43-45-47-48-50-52-54-56-59-61-64-67-70-73-76-79-91(96)103-82-88(94)83-105-110(99,100)106-84-89(95)85-107-111(101,102)108-87-90(109-93(98)81-78-75-72-69-66-63-58-27-24-21-18-15-12-9-6-3)86-104-92(97)80-77-74-71-68-65-62-60-57-55-53-51-49-46-44-41-39-37-35-33-31-29-26-23-20-17-14-11-8-5-2/h7,10,16-21,25-29,32-35,38-41,58,88-90,94-95H,4-6,8-9,11-15,22-24,30-31,36-37,42-57,59-87H2,1-3H3,(H,99,100)(H,101,102)/b10-7-,19-16-,20-17-,21-18-,28-25-,29-26-,34-32-,35-33-,40-38-,41-39-,58-27-. The first-order valence-electron chi connectivity index (χ1n) is 44.5.